The second-order valence-corrected chi connectivity index (χ2v) is 7.61. The van der Waals surface area contributed by atoms with E-state index in [2.05, 4.69) is 15.9 Å². The summed E-state index contributed by atoms with van der Waals surface area (Å²) in [5.74, 6) is 0.617. The topological polar surface area (TPSA) is 79.1 Å². The van der Waals surface area contributed by atoms with Crippen LogP contribution >= 0.6 is 0 Å². The first-order chi connectivity index (χ1) is 13.6. The molecule has 2 N–H and O–H groups in total. The van der Waals surface area contributed by atoms with E-state index in [-0.39, 0.29) is 11.8 Å². The number of likely N-dealkylation sites (tertiary alicyclic amines) is 1. The van der Waals surface area contributed by atoms with Crippen LogP contribution in [-0.4, -0.2) is 74.0 Å². The van der Waals surface area contributed by atoms with Gasteiger partial charge in [-0.2, -0.15) is 0 Å². The third kappa shape index (κ3) is 4.95. The molecule has 2 heterocycles. The van der Waals surface area contributed by atoms with Gasteiger partial charge in [-0.1, -0.05) is 12.1 Å². The molecule has 0 aliphatic carbocycles. The van der Waals surface area contributed by atoms with E-state index in [9.17, 15) is 9.59 Å². The predicted octanol–water partition coefficient (Wildman–Crippen LogP) is 1.46. The highest BCUT2D eigenvalue weighted by Gasteiger charge is 2.32. The van der Waals surface area contributed by atoms with Crippen LogP contribution in [0.5, 0.6) is 5.75 Å². The van der Waals surface area contributed by atoms with Crippen LogP contribution in [0.15, 0.2) is 24.3 Å². The fraction of sp³-hybridized carbons (Fsp3) is 0.619. The SMILES string of the molecule is COc1ccccc1N1CCN(CCCCC(=O)N2CCC[C@H]2C(N)=O)CC1. The van der Waals surface area contributed by atoms with E-state index < -0.39 is 6.04 Å². The number of anilines is 1. The fourth-order valence-corrected chi connectivity index (χ4v) is 4.22. The Hall–Kier alpha value is -2.28. The Balaban J connectivity index is 1.36. The average molecular weight is 389 g/mol. The van der Waals surface area contributed by atoms with Crippen LogP contribution < -0.4 is 15.4 Å². The van der Waals surface area contributed by atoms with E-state index in [0.717, 1.165) is 63.4 Å². The number of rotatable bonds is 8. The zero-order valence-corrected chi connectivity index (χ0v) is 16.8. The molecule has 28 heavy (non-hydrogen) atoms. The summed E-state index contributed by atoms with van der Waals surface area (Å²) in [5, 5.41) is 0. The van der Waals surface area contributed by atoms with Gasteiger partial charge in [-0.15, -0.1) is 0 Å². The molecule has 2 amide bonds. The number of para-hydroxylation sites is 2. The molecule has 2 fully saturated rings. The third-order valence-corrected chi connectivity index (χ3v) is 5.81. The van der Waals surface area contributed by atoms with E-state index in [1.165, 1.54) is 0 Å². The second-order valence-electron chi connectivity index (χ2n) is 7.61. The van der Waals surface area contributed by atoms with Gasteiger partial charge in [0.15, 0.2) is 0 Å². The van der Waals surface area contributed by atoms with Crippen molar-refractivity contribution in [2.75, 3.05) is 51.3 Å². The first-order valence-corrected chi connectivity index (χ1v) is 10.3. The first-order valence-electron chi connectivity index (χ1n) is 10.3. The predicted molar refractivity (Wildman–Crippen MR) is 109 cm³/mol. The number of hydrogen-bond acceptors (Lipinski definition) is 5. The Morgan fingerprint density at radius 1 is 1.11 bits per heavy atom. The van der Waals surface area contributed by atoms with Crippen LogP contribution in [0.2, 0.25) is 0 Å². The summed E-state index contributed by atoms with van der Waals surface area (Å²) < 4.78 is 5.47. The molecular weight excluding hydrogens is 356 g/mol. The molecule has 2 aliphatic heterocycles. The Labute approximate surface area is 167 Å². The second kappa shape index (κ2) is 9.78. The van der Waals surface area contributed by atoms with Crippen molar-refractivity contribution in [3.8, 4) is 5.75 Å². The number of hydrogen-bond donors (Lipinski definition) is 1. The maximum Gasteiger partial charge on any atom is 0.240 e. The van der Waals surface area contributed by atoms with Crippen LogP contribution in [0, 0.1) is 0 Å². The van der Waals surface area contributed by atoms with E-state index in [1.54, 1.807) is 12.0 Å². The Morgan fingerprint density at radius 3 is 2.57 bits per heavy atom. The molecule has 0 spiro atoms. The highest BCUT2D eigenvalue weighted by atomic mass is 16.5. The quantitative estimate of drug-likeness (QED) is 0.682. The third-order valence-electron chi connectivity index (χ3n) is 5.81. The van der Waals surface area contributed by atoms with Gasteiger partial charge in [0.05, 0.1) is 12.8 Å². The standard InChI is InChI=1S/C21H32N4O3/c1-28-19-9-3-2-7-17(19)24-15-13-23(14-16-24)11-5-4-10-20(26)25-12-6-8-18(25)21(22)27/h2-3,7,9,18H,4-6,8,10-16H2,1H3,(H2,22,27)/t18-/m0/s1. The summed E-state index contributed by atoms with van der Waals surface area (Å²) in [4.78, 5) is 30.3. The zero-order valence-electron chi connectivity index (χ0n) is 16.8. The Morgan fingerprint density at radius 2 is 1.86 bits per heavy atom. The number of ether oxygens (including phenoxy) is 1. The smallest absolute Gasteiger partial charge is 0.240 e. The zero-order chi connectivity index (χ0) is 19.9. The fourth-order valence-electron chi connectivity index (χ4n) is 4.22. The molecule has 154 valence electrons. The van der Waals surface area contributed by atoms with Gasteiger partial charge < -0.3 is 20.3 Å². The van der Waals surface area contributed by atoms with Gasteiger partial charge in [0, 0.05) is 39.1 Å². The highest BCUT2D eigenvalue weighted by molar-refractivity contribution is 5.87. The van der Waals surface area contributed by atoms with Crippen molar-refractivity contribution in [3.63, 3.8) is 0 Å². The minimum Gasteiger partial charge on any atom is -0.495 e. The van der Waals surface area contributed by atoms with Crippen molar-refractivity contribution in [2.45, 2.75) is 38.1 Å². The van der Waals surface area contributed by atoms with Gasteiger partial charge in [0.2, 0.25) is 11.8 Å². The van der Waals surface area contributed by atoms with Gasteiger partial charge >= 0.3 is 0 Å². The van der Waals surface area contributed by atoms with Crippen molar-refractivity contribution in [3.05, 3.63) is 24.3 Å². The van der Waals surface area contributed by atoms with Crippen molar-refractivity contribution in [2.24, 2.45) is 5.73 Å². The van der Waals surface area contributed by atoms with Crippen molar-refractivity contribution in [1.82, 2.24) is 9.80 Å². The minimum atomic E-state index is -0.393. The van der Waals surface area contributed by atoms with Crippen LogP contribution in [0.25, 0.3) is 0 Å². The molecule has 0 bridgehead atoms. The summed E-state index contributed by atoms with van der Waals surface area (Å²) in [7, 11) is 1.71. The molecule has 2 aliphatic rings. The Bertz CT molecular complexity index is 673. The van der Waals surface area contributed by atoms with E-state index in [1.807, 2.05) is 18.2 Å². The van der Waals surface area contributed by atoms with Crippen molar-refractivity contribution < 1.29 is 14.3 Å². The lowest BCUT2D eigenvalue weighted by atomic mass is 10.1. The number of methoxy groups -OCH3 is 1. The number of piperazine rings is 1. The Kier molecular flexibility index (Phi) is 7.14. The van der Waals surface area contributed by atoms with Crippen molar-refractivity contribution >= 4 is 17.5 Å². The minimum absolute atomic E-state index is 0.0716. The molecule has 1 atom stereocenters. The number of unbranched alkanes of at least 4 members (excludes halogenated alkanes) is 1. The molecule has 0 unspecified atom stereocenters. The summed E-state index contributed by atoms with van der Waals surface area (Å²) in [6.45, 7) is 5.66. The number of carbonyl (C=O) groups excluding carboxylic acids is 2. The normalized spacial score (nSPS) is 20.4. The molecule has 2 saturated heterocycles. The summed E-state index contributed by atoms with van der Waals surface area (Å²) in [6.07, 6.45) is 3.93. The lowest BCUT2D eigenvalue weighted by Gasteiger charge is -2.36. The number of amides is 2. The average Bonchev–Trinajstić information content (AvgIpc) is 3.22. The monoisotopic (exact) mass is 388 g/mol. The molecule has 7 heteroatoms. The van der Waals surface area contributed by atoms with E-state index in [4.69, 9.17) is 10.5 Å². The van der Waals surface area contributed by atoms with Crippen LogP contribution in [0.1, 0.15) is 32.1 Å². The summed E-state index contributed by atoms with van der Waals surface area (Å²) in [5.41, 5.74) is 6.56. The molecule has 0 aromatic heterocycles. The maximum absolute atomic E-state index is 12.4. The maximum atomic E-state index is 12.4. The highest BCUT2D eigenvalue weighted by Crippen LogP contribution is 2.28. The van der Waals surface area contributed by atoms with Crippen LogP contribution in [0.4, 0.5) is 5.69 Å². The number of carbonyl (C=O) groups is 2. The van der Waals surface area contributed by atoms with Gasteiger partial charge in [-0.25, -0.2) is 0 Å². The molecule has 7 nitrogen and oxygen atoms in total. The first kappa shape index (κ1) is 20.5. The van der Waals surface area contributed by atoms with Gasteiger partial charge in [0.1, 0.15) is 11.8 Å². The molecule has 0 saturated carbocycles. The van der Waals surface area contributed by atoms with Gasteiger partial charge in [-0.05, 0) is 44.4 Å². The summed E-state index contributed by atoms with van der Waals surface area (Å²) >= 11 is 0. The molecule has 1 aromatic carbocycles. The van der Waals surface area contributed by atoms with E-state index in [0.29, 0.717) is 19.4 Å². The van der Waals surface area contributed by atoms with Gasteiger partial charge in [-0.3, -0.25) is 14.5 Å². The lowest BCUT2D eigenvalue weighted by molar-refractivity contribution is -0.137. The van der Waals surface area contributed by atoms with Crippen molar-refractivity contribution in [1.29, 1.82) is 0 Å². The molecular formula is C21H32N4O3. The van der Waals surface area contributed by atoms with Gasteiger partial charge in [0.25, 0.3) is 0 Å². The van der Waals surface area contributed by atoms with E-state index >= 15 is 0 Å². The largest absolute Gasteiger partial charge is 0.495 e. The van der Waals surface area contributed by atoms with Crippen LogP contribution in [0.3, 0.4) is 0 Å². The number of primary amides is 1. The lowest BCUT2D eigenvalue weighted by Crippen LogP contribution is -2.46. The molecule has 0 radical (unpaired) electrons. The molecule has 1 aromatic rings. The van der Waals surface area contributed by atoms with Crippen LogP contribution in [-0.2, 0) is 9.59 Å². The number of benzene rings is 1. The number of nitrogens with zero attached hydrogens (tertiary/aromatic N) is 3. The summed E-state index contributed by atoms with van der Waals surface area (Å²) in [6, 6.07) is 7.76. The molecule has 3 rings (SSSR count). The number of nitrogens with two attached hydrogens (primary N) is 1.